The van der Waals surface area contributed by atoms with Crippen molar-refractivity contribution in [3.63, 3.8) is 0 Å². The Morgan fingerprint density at radius 1 is 0.980 bits per heavy atom. The Bertz CT molecular complexity index is 1860. The number of methoxy groups -OCH3 is 2. The van der Waals surface area contributed by atoms with Gasteiger partial charge in [-0.15, -0.1) is 0 Å². The third-order valence-electron chi connectivity index (χ3n) is 9.43. The molecule has 2 atom stereocenters. The van der Waals surface area contributed by atoms with Gasteiger partial charge in [0.2, 0.25) is 0 Å². The number of hydrogen-bond donors (Lipinski definition) is 1. The van der Waals surface area contributed by atoms with E-state index in [0.717, 1.165) is 37.1 Å². The van der Waals surface area contributed by atoms with Crippen LogP contribution in [0.5, 0.6) is 17.2 Å². The lowest BCUT2D eigenvalue weighted by atomic mass is 9.86. The zero-order chi connectivity index (χ0) is 36.2. The fraction of sp³-hybridized carbons (Fsp3) is 0.342. The molecule has 0 radical (unpaired) electrons. The van der Waals surface area contributed by atoms with Gasteiger partial charge in [0, 0.05) is 24.6 Å². The molecule has 3 fully saturated rings. The number of halogens is 2. The lowest BCUT2D eigenvalue weighted by Crippen LogP contribution is -2.53. The van der Waals surface area contributed by atoms with Crippen molar-refractivity contribution in [1.29, 1.82) is 0 Å². The third kappa shape index (κ3) is 8.44. The number of phenols is 1. The second-order valence-corrected chi connectivity index (χ2v) is 13.7. The Morgan fingerprint density at radius 2 is 1.67 bits per heavy atom. The van der Waals surface area contributed by atoms with Crippen molar-refractivity contribution in [2.24, 2.45) is 5.92 Å². The number of piperidine rings is 3. The Labute approximate surface area is 306 Å². The van der Waals surface area contributed by atoms with E-state index in [-0.39, 0.29) is 40.4 Å². The molecule has 2 bridgehead atoms. The number of anilines is 1. The summed E-state index contributed by atoms with van der Waals surface area (Å²) in [6, 6.07) is 16.8. The minimum absolute atomic E-state index is 0.0399. The average Bonchev–Trinajstić information content (AvgIpc) is 3.11. The fourth-order valence-electron chi connectivity index (χ4n) is 6.72. The number of carbonyl (C=O) groups is 2. The molecule has 3 aliphatic heterocycles. The van der Waals surface area contributed by atoms with E-state index in [2.05, 4.69) is 4.90 Å². The zero-order valence-corrected chi connectivity index (χ0v) is 30.0. The number of esters is 1. The number of fused-ring (bicyclic) bond motifs is 3. The molecule has 51 heavy (non-hydrogen) atoms. The summed E-state index contributed by atoms with van der Waals surface area (Å²) in [5.41, 5.74) is 3.30. The van der Waals surface area contributed by atoms with Crippen molar-refractivity contribution < 1.29 is 38.4 Å². The molecule has 13 heteroatoms. The second-order valence-electron chi connectivity index (χ2n) is 12.9. The van der Waals surface area contributed by atoms with Crippen molar-refractivity contribution in [2.75, 3.05) is 38.8 Å². The van der Waals surface area contributed by atoms with Gasteiger partial charge in [-0.25, -0.2) is 9.59 Å². The predicted octanol–water partition coefficient (Wildman–Crippen LogP) is 7.04. The van der Waals surface area contributed by atoms with Crippen LogP contribution in [0.25, 0.3) is 0 Å². The highest BCUT2D eigenvalue weighted by atomic mass is 35.5. The summed E-state index contributed by atoms with van der Waals surface area (Å²) in [5, 5.41) is 22.5. The predicted molar refractivity (Wildman–Crippen MR) is 192 cm³/mol. The van der Waals surface area contributed by atoms with Crippen molar-refractivity contribution >= 4 is 41.0 Å². The van der Waals surface area contributed by atoms with Crippen LogP contribution in [0.15, 0.2) is 73.1 Å². The van der Waals surface area contributed by atoms with Gasteiger partial charge < -0.3 is 29.3 Å². The van der Waals surface area contributed by atoms with Gasteiger partial charge in [-0.1, -0.05) is 41.4 Å². The number of ether oxygens (including phenoxy) is 4. The molecule has 268 valence electrons. The number of carbonyl (C=O) groups excluding carboxylic acids is 2. The first-order valence-corrected chi connectivity index (χ1v) is 17.4. The SMILES string of the molecule is COc1ccc([C@H](Cc2c(Cl)c[n+]([O-])cc2Cl)OC(=O)c2ccc(CN(C(=O)O[C@H]3CN4CCC3CC4)c3cc(C)cc(O)c3)cc2)cc1OC. The van der Waals surface area contributed by atoms with Gasteiger partial charge in [0.15, 0.2) is 23.9 Å². The third-order valence-corrected chi connectivity index (χ3v) is 10.1. The largest absolute Gasteiger partial charge is 0.619 e. The first-order valence-electron chi connectivity index (χ1n) is 16.6. The topological polar surface area (TPSA) is 125 Å². The number of rotatable bonds is 11. The Kier molecular flexibility index (Phi) is 11.1. The molecule has 0 spiro atoms. The van der Waals surface area contributed by atoms with Gasteiger partial charge in [0.1, 0.15) is 28.0 Å². The maximum atomic E-state index is 13.7. The highest BCUT2D eigenvalue weighted by Crippen LogP contribution is 2.36. The standard InChI is InChI=1S/C38H39Cl2N3O8/c1-23-14-28(17-29(44)15-23)43(38(46)51-36-22-41-12-10-25(36)11-13-41)19-24-4-6-26(7-5-24)37(45)50-34(18-30-31(39)20-42(47)21-32(30)40)27-8-9-33(48-2)35(16-27)49-3/h4-9,14-17,20-21,25,34,36,44H,10-13,18-19,22H2,1-3H3/t34-,36-/m0/s1. The molecular formula is C38H39Cl2N3O8. The molecule has 4 heterocycles. The van der Waals surface area contributed by atoms with Crippen LogP contribution in [-0.2, 0) is 22.4 Å². The lowest BCUT2D eigenvalue weighted by Gasteiger charge is -2.44. The van der Waals surface area contributed by atoms with Gasteiger partial charge in [-0.05, 0) is 91.9 Å². The molecule has 1 amide bonds. The normalized spacial score (nSPS) is 18.5. The van der Waals surface area contributed by atoms with Crippen LogP contribution < -0.4 is 19.1 Å². The van der Waals surface area contributed by atoms with Gasteiger partial charge in [-0.3, -0.25) is 9.80 Å². The number of phenolic OH excluding ortho intramolecular Hbond substituents is 1. The van der Waals surface area contributed by atoms with Crippen LogP contribution >= 0.6 is 23.2 Å². The van der Waals surface area contributed by atoms with E-state index < -0.39 is 18.2 Å². The van der Waals surface area contributed by atoms with Gasteiger partial charge in [0.25, 0.3) is 0 Å². The highest BCUT2D eigenvalue weighted by molar-refractivity contribution is 6.35. The maximum Gasteiger partial charge on any atom is 0.414 e. The zero-order valence-electron chi connectivity index (χ0n) is 28.5. The number of pyridine rings is 1. The molecule has 0 saturated carbocycles. The molecule has 0 aliphatic carbocycles. The van der Waals surface area contributed by atoms with Crippen LogP contribution in [0, 0.1) is 18.0 Å². The molecule has 1 N–H and O–H groups in total. The Morgan fingerprint density at radius 3 is 2.27 bits per heavy atom. The monoisotopic (exact) mass is 735 g/mol. The van der Waals surface area contributed by atoms with Crippen LogP contribution in [-0.4, -0.2) is 62.0 Å². The summed E-state index contributed by atoms with van der Waals surface area (Å²) in [6.07, 6.45) is 2.86. The maximum absolute atomic E-state index is 13.7. The van der Waals surface area contributed by atoms with Gasteiger partial charge in [-0.2, -0.15) is 4.73 Å². The van der Waals surface area contributed by atoms with E-state index in [0.29, 0.717) is 45.5 Å². The highest BCUT2D eigenvalue weighted by Gasteiger charge is 2.37. The van der Waals surface area contributed by atoms with E-state index in [1.807, 2.05) is 13.0 Å². The minimum Gasteiger partial charge on any atom is -0.619 e. The molecule has 11 nitrogen and oxygen atoms in total. The molecule has 1 aromatic heterocycles. The van der Waals surface area contributed by atoms with Gasteiger partial charge in [0.05, 0.1) is 32.0 Å². The summed E-state index contributed by atoms with van der Waals surface area (Å²) in [5.74, 6) is 0.676. The molecule has 3 saturated heterocycles. The second kappa shape index (κ2) is 15.7. The van der Waals surface area contributed by atoms with Crippen LogP contribution in [0.2, 0.25) is 10.0 Å². The fourth-order valence-corrected chi connectivity index (χ4v) is 7.31. The van der Waals surface area contributed by atoms with Gasteiger partial charge >= 0.3 is 12.1 Å². The molecule has 7 rings (SSSR count). The molecule has 4 aromatic rings. The summed E-state index contributed by atoms with van der Waals surface area (Å²) in [7, 11) is 3.02. The van der Waals surface area contributed by atoms with E-state index in [1.54, 1.807) is 48.5 Å². The number of nitrogens with zero attached hydrogens (tertiary/aromatic N) is 3. The summed E-state index contributed by atoms with van der Waals surface area (Å²) in [4.78, 5) is 31.2. The number of aryl methyl sites for hydroxylation is 1. The first kappa shape index (κ1) is 36.1. The molecule has 3 aliphatic rings. The quantitative estimate of drug-likeness (QED) is 0.0982. The van der Waals surface area contributed by atoms with E-state index in [1.165, 1.54) is 37.6 Å². The van der Waals surface area contributed by atoms with Crippen molar-refractivity contribution in [3.8, 4) is 17.2 Å². The van der Waals surface area contributed by atoms with Crippen LogP contribution in [0.3, 0.4) is 0 Å². The number of hydrogen-bond acceptors (Lipinski definition) is 9. The molecule has 0 unspecified atom stereocenters. The molecular weight excluding hydrogens is 697 g/mol. The van der Waals surface area contributed by atoms with E-state index in [4.69, 9.17) is 42.1 Å². The smallest absolute Gasteiger partial charge is 0.414 e. The lowest BCUT2D eigenvalue weighted by molar-refractivity contribution is -0.605. The summed E-state index contributed by atoms with van der Waals surface area (Å²) in [6.45, 7) is 4.73. The van der Waals surface area contributed by atoms with E-state index in [9.17, 15) is 19.9 Å². The summed E-state index contributed by atoms with van der Waals surface area (Å²) < 4.78 is 23.5. The van der Waals surface area contributed by atoms with Crippen molar-refractivity contribution in [2.45, 2.75) is 44.9 Å². The minimum atomic E-state index is -0.875. The Balaban J connectivity index is 1.23. The Hall–Kier alpha value is -4.71. The first-order chi connectivity index (χ1) is 24.5. The van der Waals surface area contributed by atoms with E-state index >= 15 is 0 Å². The van der Waals surface area contributed by atoms with Crippen LogP contribution in [0.4, 0.5) is 10.5 Å². The van der Waals surface area contributed by atoms with Crippen molar-refractivity contribution in [1.82, 2.24) is 4.90 Å². The number of amides is 1. The molecule has 3 aromatic carbocycles. The number of aromatic hydroxyl groups is 1. The number of aromatic nitrogens is 1. The van der Waals surface area contributed by atoms with Crippen molar-refractivity contribution in [3.05, 3.63) is 116 Å². The summed E-state index contributed by atoms with van der Waals surface area (Å²) >= 11 is 12.8. The average molecular weight is 737 g/mol. The number of benzene rings is 3. The van der Waals surface area contributed by atoms with Crippen LogP contribution in [0.1, 0.15) is 51.6 Å².